The molecule has 4 fully saturated rings. The fraction of sp³-hybridized carbons (Fsp3) is 0.544. The number of para-hydroxylation sites is 1. The molecule has 85 heavy (non-hydrogen) atoms. The maximum Gasteiger partial charge on any atom is 0.227 e. The van der Waals surface area contributed by atoms with Gasteiger partial charge in [-0.15, -0.1) is 0 Å². The van der Waals surface area contributed by atoms with Gasteiger partial charge in [0.05, 0.1) is 76.7 Å². The number of anilines is 1. The number of ketones is 5. The van der Waals surface area contributed by atoms with Crippen molar-refractivity contribution in [3.05, 3.63) is 124 Å². The van der Waals surface area contributed by atoms with Crippen LogP contribution in [0.5, 0.6) is 0 Å². The molecule has 2 heterocycles. The first-order chi connectivity index (χ1) is 41.0. The van der Waals surface area contributed by atoms with E-state index in [4.69, 9.17) is 28.4 Å². The summed E-state index contributed by atoms with van der Waals surface area (Å²) in [6.07, 6.45) is 6.52. The molecule has 17 nitrogen and oxygen atoms in total. The molecule has 2 aliphatic heterocycles. The molecular weight excluding hydrogens is 1080 g/mol. The van der Waals surface area contributed by atoms with Crippen LogP contribution in [0, 0.1) is 52.8 Å². The second-order valence-electron chi connectivity index (χ2n) is 24.2. The van der Waals surface area contributed by atoms with E-state index < -0.39 is 53.9 Å². The Kier molecular flexibility index (Phi) is 21.5. The second kappa shape index (κ2) is 28.9. The van der Waals surface area contributed by atoms with Crippen molar-refractivity contribution in [1.29, 1.82) is 0 Å². The minimum atomic E-state index is -1.48. The third kappa shape index (κ3) is 14.6. The standard InChI is InChI=1S/C68H82N2O15/c1-43(2)56(38-53(74)27-29-81-31-33-83-35-34-82-32-30-80-28-9-13-51(72)23-26-63(78)70-41-50-12-6-5-10-46(50)19-20-47-11-7-8-14-58(47)70)65(79)69-44(3)59(75)36-45-15-17-48(18-16-45)66-84-62-39-57-55-24-21-49-37-52(73)22-25-54(49)64(55)60(76)40-67(57,4)68(62,85-66)61(77)42-71/h5-8,10-12,14-18,22,25,37,43-44,54-57,60,62,64,66,71,76H,9,13,21,23-24,26-36,38-42H2,1-4H3,(H,69,79)/t44-,54?,55+,56-,57+,60+,62-,64-,66-,67+,68-/m0/s1. The monoisotopic (exact) mass is 1170 g/mol. The molecule has 0 radical (unpaired) electrons. The van der Waals surface area contributed by atoms with Gasteiger partial charge < -0.3 is 48.9 Å². The molecule has 454 valence electrons. The Hall–Kier alpha value is -6.33. The Morgan fingerprint density at radius 1 is 0.800 bits per heavy atom. The van der Waals surface area contributed by atoms with Crippen LogP contribution >= 0.6 is 0 Å². The number of carbonyl (C=O) groups excluding carboxylic acids is 7. The van der Waals surface area contributed by atoms with E-state index in [9.17, 15) is 43.8 Å². The highest BCUT2D eigenvalue weighted by atomic mass is 16.7. The van der Waals surface area contributed by atoms with Gasteiger partial charge in [-0.2, -0.15) is 0 Å². The number of benzene rings is 3. The van der Waals surface area contributed by atoms with E-state index in [1.54, 1.807) is 48.2 Å². The topological polar surface area (TPSA) is 231 Å². The normalized spacial score (nSPS) is 26.0. The molecule has 3 N–H and O–H groups in total. The molecule has 2 amide bonds. The van der Waals surface area contributed by atoms with Crippen molar-refractivity contribution in [2.75, 3.05) is 64.4 Å². The number of aliphatic hydroxyl groups is 2. The Bertz CT molecular complexity index is 3050. The maximum absolute atomic E-state index is 13.9. The average molecular weight is 1170 g/mol. The van der Waals surface area contributed by atoms with Gasteiger partial charge in [-0.1, -0.05) is 98.9 Å². The summed E-state index contributed by atoms with van der Waals surface area (Å²) >= 11 is 0. The molecule has 3 saturated carbocycles. The van der Waals surface area contributed by atoms with E-state index >= 15 is 0 Å². The minimum Gasteiger partial charge on any atom is -0.393 e. The lowest BCUT2D eigenvalue weighted by Gasteiger charge is -2.56. The predicted octanol–water partition coefficient (Wildman–Crippen LogP) is 7.28. The first kappa shape index (κ1) is 63.2. The van der Waals surface area contributed by atoms with Crippen LogP contribution in [0.2, 0.25) is 0 Å². The maximum atomic E-state index is 13.9. The fourth-order valence-corrected chi connectivity index (χ4v) is 14.0. The first-order valence-corrected chi connectivity index (χ1v) is 30.3. The number of fused-ring (bicyclic) bond motifs is 9. The lowest BCUT2D eigenvalue weighted by atomic mass is 9.49. The third-order valence-corrected chi connectivity index (χ3v) is 18.5. The molecule has 1 unspecified atom stereocenters. The van der Waals surface area contributed by atoms with Crippen LogP contribution in [0.25, 0.3) is 0 Å². The van der Waals surface area contributed by atoms with Crippen LogP contribution in [0.15, 0.2) is 96.6 Å². The summed E-state index contributed by atoms with van der Waals surface area (Å²) in [6, 6.07) is 21.7. The Balaban J connectivity index is 0.607. The molecule has 3 aromatic rings. The number of rotatable bonds is 30. The molecule has 0 bridgehead atoms. The molecule has 4 aliphatic carbocycles. The zero-order chi connectivity index (χ0) is 60.3. The van der Waals surface area contributed by atoms with Crippen molar-refractivity contribution in [1.82, 2.24) is 5.32 Å². The third-order valence-electron chi connectivity index (χ3n) is 18.5. The van der Waals surface area contributed by atoms with E-state index in [2.05, 4.69) is 17.2 Å². The van der Waals surface area contributed by atoms with Crippen LogP contribution in [0.3, 0.4) is 0 Å². The summed E-state index contributed by atoms with van der Waals surface area (Å²) in [5.41, 5.74) is 3.46. The number of aliphatic hydroxyl groups excluding tert-OH is 2. The number of nitrogens with one attached hydrogen (secondary N) is 1. The molecule has 3 aromatic carbocycles. The van der Waals surface area contributed by atoms with Gasteiger partial charge in [0.15, 0.2) is 29.2 Å². The zero-order valence-corrected chi connectivity index (χ0v) is 49.4. The van der Waals surface area contributed by atoms with E-state index in [1.807, 2.05) is 75.4 Å². The highest BCUT2D eigenvalue weighted by molar-refractivity contribution is 6.01. The number of allylic oxidation sites excluding steroid dienone is 4. The number of amides is 2. The number of hydrogen-bond acceptors (Lipinski definition) is 15. The number of hydrogen-bond donors (Lipinski definition) is 3. The summed E-state index contributed by atoms with van der Waals surface area (Å²) in [7, 11) is 0. The molecule has 0 spiro atoms. The molecular formula is C68H82N2O15. The van der Waals surface area contributed by atoms with Crippen molar-refractivity contribution in [3.8, 4) is 11.8 Å². The zero-order valence-electron chi connectivity index (χ0n) is 49.4. The van der Waals surface area contributed by atoms with Gasteiger partial charge in [0.1, 0.15) is 18.2 Å². The predicted molar refractivity (Wildman–Crippen MR) is 314 cm³/mol. The molecule has 9 rings (SSSR count). The molecule has 1 saturated heterocycles. The van der Waals surface area contributed by atoms with E-state index in [0.29, 0.717) is 76.6 Å². The van der Waals surface area contributed by atoms with Gasteiger partial charge in [-0.3, -0.25) is 33.6 Å². The summed E-state index contributed by atoms with van der Waals surface area (Å²) < 4.78 is 35.7. The minimum absolute atomic E-state index is 0.00799. The van der Waals surface area contributed by atoms with Gasteiger partial charge in [0.25, 0.3) is 0 Å². The number of carbonyl (C=O) groups is 7. The van der Waals surface area contributed by atoms with E-state index in [1.165, 1.54) is 0 Å². The number of Topliss-reactive ketones (excluding diaryl/α,β-unsaturated/α-hetero) is 4. The molecule has 0 aromatic heterocycles. The number of ether oxygens (including phenoxy) is 6. The number of nitrogens with zero attached hydrogens (tertiary/aromatic N) is 1. The Morgan fingerprint density at radius 2 is 1.47 bits per heavy atom. The molecule has 17 heteroatoms. The van der Waals surface area contributed by atoms with Gasteiger partial charge in [0.2, 0.25) is 11.8 Å². The molecule has 6 aliphatic rings. The Morgan fingerprint density at radius 3 is 2.19 bits per heavy atom. The summed E-state index contributed by atoms with van der Waals surface area (Å²) in [4.78, 5) is 93.9. The fourth-order valence-electron chi connectivity index (χ4n) is 14.0. The lowest BCUT2D eigenvalue weighted by molar-refractivity contribution is -0.197. The van der Waals surface area contributed by atoms with Gasteiger partial charge in [-0.05, 0) is 104 Å². The van der Waals surface area contributed by atoms with E-state index in [-0.39, 0.29) is 116 Å². The highest BCUT2D eigenvalue weighted by Crippen LogP contribution is 2.69. The first-order valence-electron chi connectivity index (χ1n) is 30.3. The van der Waals surface area contributed by atoms with Crippen molar-refractivity contribution in [3.63, 3.8) is 0 Å². The average Bonchev–Trinajstić information content (AvgIpc) is 1.56. The smallest absolute Gasteiger partial charge is 0.227 e. The van der Waals surface area contributed by atoms with Crippen molar-refractivity contribution in [2.45, 2.75) is 135 Å². The second-order valence-corrected chi connectivity index (χ2v) is 24.2. The van der Waals surface area contributed by atoms with Gasteiger partial charge >= 0.3 is 0 Å². The summed E-state index contributed by atoms with van der Waals surface area (Å²) in [5, 5.41) is 25.0. The molecule has 11 atom stereocenters. The van der Waals surface area contributed by atoms with Crippen LogP contribution in [-0.4, -0.2) is 134 Å². The van der Waals surface area contributed by atoms with Crippen LogP contribution in [0.4, 0.5) is 5.69 Å². The quantitative estimate of drug-likeness (QED) is 0.0440. The van der Waals surface area contributed by atoms with Crippen LogP contribution in [-0.2, 0) is 74.9 Å². The van der Waals surface area contributed by atoms with Gasteiger partial charge in [0, 0.05) is 79.1 Å². The Labute approximate surface area is 498 Å². The van der Waals surface area contributed by atoms with E-state index in [0.717, 1.165) is 40.8 Å². The summed E-state index contributed by atoms with van der Waals surface area (Å²) in [5.74, 6) is 4.21. The lowest BCUT2D eigenvalue weighted by Crippen LogP contribution is -2.62. The highest BCUT2D eigenvalue weighted by Gasteiger charge is 2.75. The van der Waals surface area contributed by atoms with Crippen molar-refractivity contribution in [2.24, 2.45) is 40.9 Å². The van der Waals surface area contributed by atoms with Crippen molar-refractivity contribution >= 4 is 46.4 Å². The SMILES string of the molecule is CC(C)[C@H](CC(=O)CCOCCOCCOCCOCCCC(=O)CCC(=O)N1Cc2ccccc2C#Cc2ccccc21)C(=O)N[C@@H](C)C(=O)Cc1ccc([C@H]2O[C@H]3C[C@@H]4[C@H]5CCC6=CC(=O)C=CC6[C@@H]5[C@H](O)C[C@@]4(C)[C@@]3(C(=O)CO)O2)cc1. The van der Waals surface area contributed by atoms with Crippen molar-refractivity contribution < 1.29 is 72.2 Å². The van der Waals surface area contributed by atoms with Crippen LogP contribution in [0.1, 0.15) is 126 Å². The van der Waals surface area contributed by atoms with Gasteiger partial charge in [-0.25, -0.2) is 0 Å². The summed E-state index contributed by atoms with van der Waals surface area (Å²) in [6.45, 7) is 9.62. The largest absolute Gasteiger partial charge is 0.393 e. The van der Waals surface area contributed by atoms with Crippen LogP contribution < -0.4 is 10.2 Å².